The number of para-hydroxylation sites is 1. The zero-order valence-corrected chi connectivity index (χ0v) is 10.5. The summed E-state index contributed by atoms with van der Waals surface area (Å²) in [6.45, 7) is 0. The topological polar surface area (TPSA) is 72.6 Å². The van der Waals surface area contributed by atoms with Crippen LogP contribution in [0.3, 0.4) is 0 Å². The molecule has 1 aliphatic rings. The summed E-state index contributed by atoms with van der Waals surface area (Å²) in [7, 11) is 0. The minimum Gasteiger partial charge on any atom is -0.478 e. The van der Waals surface area contributed by atoms with E-state index in [2.05, 4.69) is 0 Å². The fraction of sp³-hybridized carbons (Fsp3) is 0.200. The molecule has 20 heavy (non-hydrogen) atoms. The van der Waals surface area contributed by atoms with E-state index in [1.807, 2.05) is 6.07 Å². The molecule has 0 radical (unpaired) electrons. The molecule has 5 heteroatoms. The average molecular weight is 271 g/mol. The molecule has 0 aromatic heterocycles. The second-order valence-corrected chi connectivity index (χ2v) is 4.71. The van der Waals surface area contributed by atoms with Crippen molar-refractivity contribution in [1.29, 1.82) is 0 Å². The first-order valence-corrected chi connectivity index (χ1v) is 6.30. The van der Waals surface area contributed by atoms with E-state index in [1.165, 1.54) is 0 Å². The van der Waals surface area contributed by atoms with Gasteiger partial charge in [0.05, 0.1) is 0 Å². The molecule has 0 fully saturated rings. The number of rotatable bonds is 2. The van der Waals surface area contributed by atoms with Gasteiger partial charge in [-0.15, -0.1) is 0 Å². The molecule has 0 bridgehead atoms. The fourth-order valence-corrected chi connectivity index (χ4v) is 2.52. The fourth-order valence-electron chi connectivity index (χ4n) is 2.52. The largest absolute Gasteiger partial charge is 0.478 e. The SMILES string of the molecule is O=[N+]([O-])[C@@H]1[C@H](O)c2ccccc2O[C@H]1c1ccccc1. The van der Waals surface area contributed by atoms with E-state index in [9.17, 15) is 15.2 Å². The van der Waals surface area contributed by atoms with Crippen LogP contribution < -0.4 is 4.74 Å². The van der Waals surface area contributed by atoms with Gasteiger partial charge in [0.2, 0.25) is 0 Å². The van der Waals surface area contributed by atoms with Gasteiger partial charge in [0, 0.05) is 10.5 Å². The molecule has 0 amide bonds. The van der Waals surface area contributed by atoms with E-state index in [0.717, 1.165) is 0 Å². The summed E-state index contributed by atoms with van der Waals surface area (Å²) in [6.07, 6.45) is -1.98. The van der Waals surface area contributed by atoms with E-state index >= 15 is 0 Å². The van der Waals surface area contributed by atoms with Gasteiger partial charge in [0.25, 0.3) is 6.04 Å². The first-order chi connectivity index (χ1) is 9.68. The Labute approximate surface area is 115 Å². The number of aliphatic hydroxyl groups is 1. The highest BCUT2D eigenvalue weighted by Crippen LogP contribution is 2.41. The number of nitro groups is 1. The van der Waals surface area contributed by atoms with Gasteiger partial charge in [-0.25, -0.2) is 0 Å². The first-order valence-electron chi connectivity index (χ1n) is 6.30. The van der Waals surface area contributed by atoms with Crippen molar-refractivity contribution in [3.63, 3.8) is 0 Å². The van der Waals surface area contributed by atoms with Crippen LogP contribution in [0.5, 0.6) is 5.75 Å². The zero-order valence-electron chi connectivity index (χ0n) is 10.5. The van der Waals surface area contributed by atoms with E-state index < -0.39 is 23.2 Å². The van der Waals surface area contributed by atoms with Gasteiger partial charge >= 0.3 is 0 Å². The molecule has 0 saturated carbocycles. The summed E-state index contributed by atoms with van der Waals surface area (Å²) < 4.78 is 5.76. The maximum absolute atomic E-state index is 11.3. The quantitative estimate of drug-likeness (QED) is 0.672. The molecule has 0 saturated heterocycles. The van der Waals surface area contributed by atoms with Crippen molar-refractivity contribution in [2.75, 3.05) is 0 Å². The maximum atomic E-state index is 11.3. The monoisotopic (exact) mass is 271 g/mol. The van der Waals surface area contributed by atoms with Gasteiger partial charge < -0.3 is 9.84 Å². The van der Waals surface area contributed by atoms with Crippen LogP contribution in [-0.2, 0) is 0 Å². The van der Waals surface area contributed by atoms with E-state index in [4.69, 9.17) is 4.74 Å². The molecule has 1 N–H and O–H groups in total. The molecule has 0 spiro atoms. The van der Waals surface area contributed by atoms with Crippen molar-refractivity contribution in [2.24, 2.45) is 0 Å². The van der Waals surface area contributed by atoms with E-state index in [1.54, 1.807) is 48.5 Å². The predicted molar refractivity (Wildman–Crippen MR) is 72.0 cm³/mol. The lowest BCUT2D eigenvalue weighted by atomic mass is 9.90. The molecule has 1 aliphatic heterocycles. The molecular weight excluding hydrogens is 258 g/mol. The summed E-state index contributed by atoms with van der Waals surface area (Å²) in [4.78, 5) is 10.8. The number of aliphatic hydroxyl groups excluding tert-OH is 1. The number of hydrogen-bond donors (Lipinski definition) is 1. The third-order valence-electron chi connectivity index (χ3n) is 3.50. The third-order valence-corrected chi connectivity index (χ3v) is 3.50. The first kappa shape index (κ1) is 12.6. The molecule has 102 valence electrons. The Kier molecular flexibility index (Phi) is 3.12. The van der Waals surface area contributed by atoms with Crippen molar-refractivity contribution in [2.45, 2.75) is 18.2 Å². The van der Waals surface area contributed by atoms with Gasteiger partial charge in [0.1, 0.15) is 5.75 Å². The molecule has 5 nitrogen and oxygen atoms in total. The molecule has 0 aliphatic carbocycles. The van der Waals surface area contributed by atoms with E-state index in [0.29, 0.717) is 16.9 Å². The zero-order chi connectivity index (χ0) is 14.1. The lowest BCUT2D eigenvalue weighted by Crippen LogP contribution is -2.40. The predicted octanol–water partition coefficient (Wildman–Crippen LogP) is 2.50. The smallest absolute Gasteiger partial charge is 0.283 e. The number of fused-ring (bicyclic) bond motifs is 1. The summed E-state index contributed by atoms with van der Waals surface area (Å²) >= 11 is 0. The van der Waals surface area contributed by atoms with Crippen LogP contribution in [0.1, 0.15) is 23.3 Å². The van der Waals surface area contributed by atoms with Gasteiger partial charge in [0.15, 0.2) is 12.2 Å². The summed E-state index contributed by atoms with van der Waals surface area (Å²) in [6, 6.07) is 14.6. The summed E-state index contributed by atoms with van der Waals surface area (Å²) in [5.74, 6) is 0.493. The minimum atomic E-state index is -1.22. The highest BCUT2D eigenvalue weighted by molar-refractivity contribution is 5.39. The number of ether oxygens (including phenoxy) is 1. The summed E-state index contributed by atoms with van der Waals surface area (Å²) in [5, 5.41) is 21.6. The van der Waals surface area contributed by atoms with Crippen LogP contribution in [0.2, 0.25) is 0 Å². The molecule has 3 atom stereocenters. The Morgan fingerprint density at radius 3 is 2.40 bits per heavy atom. The Morgan fingerprint density at radius 2 is 1.70 bits per heavy atom. The second kappa shape index (κ2) is 4.94. The van der Waals surface area contributed by atoms with Crippen LogP contribution >= 0.6 is 0 Å². The lowest BCUT2D eigenvalue weighted by molar-refractivity contribution is -0.549. The molecular formula is C15H13NO4. The van der Waals surface area contributed by atoms with Crippen molar-refractivity contribution < 1.29 is 14.8 Å². The third kappa shape index (κ3) is 2.02. The van der Waals surface area contributed by atoms with Gasteiger partial charge in [-0.2, -0.15) is 0 Å². The second-order valence-electron chi connectivity index (χ2n) is 4.71. The number of hydrogen-bond acceptors (Lipinski definition) is 4. The van der Waals surface area contributed by atoms with Crippen molar-refractivity contribution in [3.8, 4) is 5.75 Å². The number of benzene rings is 2. The number of nitrogens with zero attached hydrogens (tertiary/aromatic N) is 1. The van der Waals surface area contributed by atoms with E-state index in [-0.39, 0.29) is 0 Å². The van der Waals surface area contributed by atoms with Crippen molar-refractivity contribution in [1.82, 2.24) is 0 Å². The Bertz CT molecular complexity index is 629. The maximum Gasteiger partial charge on any atom is 0.283 e. The molecule has 3 rings (SSSR count). The molecule has 2 aromatic carbocycles. The van der Waals surface area contributed by atoms with Crippen molar-refractivity contribution in [3.05, 3.63) is 75.8 Å². The van der Waals surface area contributed by atoms with Crippen LogP contribution in [0.4, 0.5) is 0 Å². The minimum absolute atomic E-state index is 0.460. The van der Waals surface area contributed by atoms with Gasteiger partial charge in [-0.3, -0.25) is 10.1 Å². The standard InChI is InChI=1S/C15H13NO4/c17-14-11-8-4-5-9-12(11)20-15(13(14)16(18)19)10-6-2-1-3-7-10/h1-9,13-15,17H/t13-,14-,15+/m1/s1. The summed E-state index contributed by atoms with van der Waals surface area (Å²) in [5.41, 5.74) is 1.14. The van der Waals surface area contributed by atoms with Crippen LogP contribution in [0, 0.1) is 10.1 Å². The van der Waals surface area contributed by atoms with Crippen LogP contribution in [-0.4, -0.2) is 16.1 Å². The average Bonchev–Trinajstić information content (AvgIpc) is 2.47. The van der Waals surface area contributed by atoms with Crippen LogP contribution in [0.25, 0.3) is 0 Å². The van der Waals surface area contributed by atoms with Gasteiger partial charge in [-0.05, 0) is 11.6 Å². The van der Waals surface area contributed by atoms with Crippen molar-refractivity contribution >= 4 is 0 Å². The Hall–Kier alpha value is -2.40. The molecule has 1 heterocycles. The normalized spacial score (nSPS) is 24.6. The molecule has 0 unspecified atom stereocenters. The highest BCUT2D eigenvalue weighted by Gasteiger charge is 2.46. The Balaban J connectivity index is 2.08. The molecule has 2 aromatic rings. The highest BCUT2D eigenvalue weighted by atomic mass is 16.6. The van der Waals surface area contributed by atoms with Crippen LogP contribution in [0.15, 0.2) is 54.6 Å². The van der Waals surface area contributed by atoms with Gasteiger partial charge in [-0.1, -0.05) is 48.5 Å². The Morgan fingerprint density at radius 1 is 1.05 bits per heavy atom. The lowest BCUT2D eigenvalue weighted by Gasteiger charge is -2.32.